The molecule has 0 fully saturated rings. The van der Waals surface area contributed by atoms with Crippen molar-refractivity contribution >= 4 is 5.82 Å². The summed E-state index contributed by atoms with van der Waals surface area (Å²) in [5.74, 6) is 0.853. The summed E-state index contributed by atoms with van der Waals surface area (Å²) in [5, 5.41) is 3.22. The normalized spacial score (nSPS) is 13.0. The van der Waals surface area contributed by atoms with Crippen LogP contribution in [0, 0.1) is 0 Å². The molecule has 0 aliphatic heterocycles. The Morgan fingerprint density at radius 2 is 2.25 bits per heavy atom. The molecular formula is C8H14N4. The average molecular weight is 166 g/mol. The Labute approximate surface area is 72.6 Å². The van der Waals surface area contributed by atoms with Gasteiger partial charge < -0.3 is 5.32 Å². The molecule has 1 aromatic rings. The zero-order valence-electron chi connectivity index (χ0n) is 7.65. The predicted octanol–water partition coefficient (Wildman–Crippen LogP) is 0.796. The van der Waals surface area contributed by atoms with Crippen molar-refractivity contribution in [1.29, 1.82) is 0 Å². The Morgan fingerprint density at radius 3 is 2.75 bits per heavy atom. The molecule has 0 radical (unpaired) electrons. The molecule has 4 nitrogen and oxygen atoms in total. The standard InChI is InChI=1S/C8H14N4/c1-7(12(2)3)11-8-4-5-9-6-10-8/h4-7H,1-3H3,(H,9,10,11). The highest BCUT2D eigenvalue weighted by atomic mass is 15.2. The van der Waals surface area contributed by atoms with Gasteiger partial charge in [-0.2, -0.15) is 0 Å². The summed E-state index contributed by atoms with van der Waals surface area (Å²) in [7, 11) is 4.03. The molecule has 0 saturated carbocycles. The number of nitrogens with one attached hydrogen (secondary N) is 1. The van der Waals surface area contributed by atoms with Crippen LogP contribution in [0.4, 0.5) is 5.82 Å². The van der Waals surface area contributed by atoms with Crippen molar-refractivity contribution in [3.05, 3.63) is 18.6 Å². The Morgan fingerprint density at radius 1 is 1.50 bits per heavy atom. The van der Waals surface area contributed by atoms with Crippen LogP contribution in [0.3, 0.4) is 0 Å². The molecule has 0 aromatic carbocycles. The molecule has 1 atom stereocenters. The second-order valence-electron chi connectivity index (χ2n) is 2.88. The first kappa shape index (κ1) is 8.93. The van der Waals surface area contributed by atoms with Crippen LogP contribution in [0.5, 0.6) is 0 Å². The maximum absolute atomic E-state index is 4.05. The molecule has 1 heterocycles. The van der Waals surface area contributed by atoms with Gasteiger partial charge in [-0.15, -0.1) is 0 Å². The van der Waals surface area contributed by atoms with Gasteiger partial charge in [-0.1, -0.05) is 0 Å². The first-order valence-corrected chi connectivity index (χ1v) is 3.89. The van der Waals surface area contributed by atoms with Crippen LogP contribution >= 0.6 is 0 Å². The van der Waals surface area contributed by atoms with Crippen molar-refractivity contribution in [2.45, 2.75) is 13.1 Å². The Kier molecular flexibility index (Phi) is 2.99. The van der Waals surface area contributed by atoms with E-state index in [0.29, 0.717) is 0 Å². The first-order valence-electron chi connectivity index (χ1n) is 3.89. The summed E-state index contributed by atoms with van der Waals surface area (Å²) >= 11 is 0. The fourth-order valence-corrected chi connectivity index (χ4v) is 0.719. The third-order valence-electron chi connectivity index (χ3n) is 1.71. The van der Waals surface area contributed by atoms with Crippen LogP contribution in [0.2, 0.25) is 0 Å². The van der Waals surface area contributed by atoms with E-state index in [4.69, 9.17) is 0 Å². The third kappa shape index (κ3) is 2.47. The highest BCUT2D eigenvalue weighted by Crippen LogP contribution is 2.01. The van der Waals surface area contributed by atoms with Crippen molar-refractivity contribution in [1.82, 2.24) is 14.9 Å². The largest absolute Gasteiger partial charge is 0.355 e. The van der Waals surface area contributed by atoms with E-state index in [9.17, 15) is 0 Å². The summed E-state index contributed by atoms with van der Waals surface area (Å²) in [6.45, 7) is 2.07. The van der Waals surface area contributed by atoms with Crippen LogP contribution in [-0.4, -0.2) is 35.1 Å². The van der Waals surface area contributed by atoms with E-state index in [1.54, 1.807) is 6.20 Å². The van der Waals surface area contributed by atoms with Crippen LogP contribution in [0.15, 0.2) is 18.6 Å². The number of nitrogens with zero attached hydrogens (tertiary/aromatic N) is 3. The summed E-state index contributed by atoms with van der Waals surface area (Å²) < 4.78 is 0. The first-order chi connectivity index (χ1) is 5.70. The lowest BCUT2D eigenvalue weighted by molar-refractivity contribution is 0.343. The molecule has 0 aliphatic rings. The Hall–Kier alpha value is -1.16. The lowest BCUT2D eigenvalue weighted by Crippen LogP contribution is -2.32. The van der Waals surface area contributed by atoms with E-state index < -0.39 is 0 Å². The Bertz CT molecular complexity index is 222. The molecule has 0 saturated heterocycles. The number of anilines is 1. The highest BCUT2D eigenvalue weighted by molar-refractivity contribution is 5.32. The maximum atomic E-state index is 4.05. The average Bonchev–Trinajstić information content (AvgIpc) is 2.06. The Balaban J connectivity index is 2.53. The van der Waals surface area contributed by atoms with Crippen molar-refractivity contribution in [2.24, 2.45) is 0 Å². The van der Waals surface area contributed by atoms with E-state index in [0.717, 1.165) is 5.82 Å². The number of hydrogen-bond donors (Lipinski definition) is 1. The van der Waals surface area contributed by atoms with E-state index in [1.807, 2.05) is 20.2 Å². The van der Waals surface area contributed by atoms with Crippen LogP contribution in [0.25, 0.3) is 0 Å². The summed E-state index contributed by atoms with van der Waals surface area (Å²) in [4.78, 5) is 9.96. The number of rotatable bonds is 3. The van der Waals surface area contributed by atoms with Gasteiger partial charge in [-0.3, -0.25) is 4.90 Å². The van der Waals surface area contributed by atoms with Gasteiger partial charge in [0.2, 0.25) is 0 Å². The molecule has 66 valence electrons. The van der Waals surface area contributed by atoms with Crippen molar-refractivity contribution in [3.63, 3.8) is 0 Å². The van der Waals surface area contributed by atoms with Crippen LogP contribution in [0.1, 0.15) is 6.92 Å². The smallest absolute Gasteiger partial charge is 0.130 e. The van der Waals surface area contributed by atoms with E-state index in [2.05, 4.69) is 27.1 Å². The molecule has 1 rings (SSSR count). The molecule has 4 heteroatoms. The zero-order valence-corrected chi connectivity index (χ0v) is 7.65. The molecule has 12 heavy (non-hydrogen) atoms. The second-order valence-corrected chi connectivity index (χ2v) is 2.88. The molecule has 1 unspecified atom stereocenters. The lowest BCUT2D eigenvalue weighted by Gasteiger charge is -2.21. The van der Waals surface area contributed by atoms with E-state index in [1.165, 1.54) is 6.33 Å². The number of aromatic nitrogens is 2. The van der Waals surface area contributed by atoms with Crippen LogP contribution in [-0.2, 0) is 0 Å². The second kappa shape index (κ2) is 4.01. The molecule has 0 bridgehead atoms. The van der Waals surface area contributed by atoms with Crippen molar-refractivity contribution in [2.75, 3.05) is 19.4 Å². The quantitative estimate of drug-likeness (QED) is 0.674. The minimum Gasteiger partial charge on any atom is -0.355 e. The van der Waals surface area contributed by atoms with Gasteiger partial charge in [0.25, 0.3) is 0 Å². The van der Waals surface area contributed by atoms with Gasteiger partial charge in [-0.25, -0.2) is 9.97 Å². The maximum Gasteiger partial charge on any atom is 0.130 e. The fourth-order valence-electron chi connectivity index (χ4n) is 0.719. The van der Waals surface area contributed by atoms with Gasteiger partial charge in [0.05, 0.1) is 6.17 Å². The molecule has 1 aromatic heterocycles. The fraction of sp³-hybridized carbons (Fsp3) is 0.500. The topological polar surface area (TPSA) is 41.1 Å². The summed E-state index contributed by atoms with van der Waals surface area (Å²) in [6, 6.07) is 1.85. The van der Waals surface area contributed by atoms with E-state index >= 15 is 0 Å². The minimum absolute atomic E-state index is 0.278. The third-order valence-corrected chi connectivity index (χ3v) is 1.71. The summed E-state index contributed by atoms with van der Waals surface area (Å²) in [5.41, 5.74) is 0. The molecule has 0 spiro atoms. The minimum atomic E-state index is 0.278. The molecule has 1 N–H and O–H groups in total. The van der Waals surface area contributed by atoms with Gasteiger partial charge in [-0.05, 0) is 27.1 Å². The van der Waals surface area contributed by atoms with Crippen molar-refractivity contribution < 1.29 is 0 Å². The van der Waals surface area contributed by atoms with Crippen LogP contribution < -0.4 is 5.32 Å². The van der Waals surface area contributed by atoms with Gasteiger partial charge in [0.1, 0.15) is 12.1 Å². The zero-order chi connectivity index (χ0) is 8.97. The molecule has 0 aliphatic carbocycles. The monoisotopic (exact) mass is 166 g/mol. The van der Waals surface area contributed by atoms with Crippen molar-refractivity contribution in [3.8, 4) is 0 Å². The SMILES string of the molecule is CC(Nc1ccncn1)N(C)C. The number of hydrogen-bond acceptors (Lipinski definition) is 4. The van der Waals surface area contributed by atoms with Gasteiger partial charge in [0, 0.05) is 6.20 Å². The predicted molar refractivity (Wildman–Crippen MR) is 48.8 cm³/mol. The van der Waals surface area contributed by atoms with Gasteiger partial charge >= 0.3 is 0 Å². The summed E-state index contributed by atoms with van der Waals surface area (Å²) in [6.07, 6.45) is 3.53. The highest BCUT2D eigenvalue weighted by Gasteiger charge is 2.02. The van der Waals surface area contributed by atoms with E-state index in [-0.39, 0.29) is 6.17 Å². The lowest BCUT2D eigenvalue weighted by atomic mass is 10.5. The molecular weight excluding hydrogens is 152 g/mol. The van der Waals surface area contributed by atoms with Gasteiger partial charge in [0.15, 0.2) is 0 Å². The molecule has 0 amide bonds.